The Labute approximate surface area is 231 Å². The molecule has 5 rings (SSSR count). The summed E-state index contributed by atoms with van der Waals surface area (Å²) in [5.74, 6) is 0.0120. The van der Waals surface area contributed by atoms with Gasteiger partial charge in [-0.3, -0.25) is 15.1 Å². The molecule has 0 saturated carbocycles. The summed E-state index contributed by atoms with van der Waals surface area (Å²) >= 11 is 7.28. The summed E-state index contributed by atoms with van der Waals surface area (Å²) in [6.45, 7) is 1.81. The van der Waals surface area contributed by atoms with E-state index in [0.717, 1.165) is 16.9 Å². The van der Waals surface area contributed by atoms with E-state index in [1.807, 2.05) is 6.92 Å². The number of carbonyl (C=O) groups is 1. The molecule has 1 aliphatic carbocycles. The zero-order chi connectivity index (χ0) is 27.7. The molecular weight excluding hydrogens is 550 g/mol. The summed E-state index contributed by atoms with van der Waals surface area (Å²) in [7, 11) is 2.82. The van der Waals surface area contributed by atoms with Crippen molar-refractivity contribution in [3.05, 3.63) is 58.9 Å². The molecule has 202 valence electrons. The molecule has 1 aliphatic rings. The van der Waals surface area contributed by atoms with Crippen LogP contribution in [0, 0.1) is 6.92 Å². The zero-order valence-electron chi connectivity index (χ0n) is 21.2. The van der Waals surface area contributed by atoms with Gasteiger partial charge < -0.3 is 9.47 Å². The van der Waals surface area contributed by atoms with Gasteiger partial charge in [0.05, 0.1) is 30.8 Å². The molecule has 0 radical (unpaired) electrons. The molecule has 4 aromatic heterocycles. The molecule has 0 aliphatic heterocycles. The fourth-order valence-corrected chi connectivity index (χ4v) is 5.35. The minimum atomic E-state index is -2.58. The smallest absolute Gasteiger partial charge is 0.267 e. The third-order valence-electron chi connectivity index (χ3n) is 6.62. The van der Waals surface area contributed by atoms with Crippen LogP contribution in [-0.4, -0.2) is 57.1 Å². The van der Waals surface area contributed by atoms with Crippen LogP contribution in [0.5, 0.6) is 5.75 Å². The second-order valence-corrected chi connectivity index (χ2v) is 10.3. The summed E-state index contributed by atoms with van der Waals surface area (Å²) in [5, 5.41) is 3.35. The van der Waals surface area contributed by atoms with Crippen molar-refractivity contribution in [3.8, 4) is 16.9 Å². The molecule has 0 spiro atoms. The molecule has 0 aromatic carbocycles. The molecule has 1 unspecified atom stereocenters. The summed E-state index contributed by atoms with van der Waals surface area (Å²) in [5.41, 5.74) is 2.43. The Morgan fingerprint density at radius 2 is 1.95 bits per heavy atom. The third-order valence-corrected chi connectivity index (χ3v) is 7.68. The SMILES string of the molecule is COc1cnc(Cl)cc1-c1cc(C)ncc1C(=O)Nc1nc2ncc(C3=CCC(OC)(C(F)F)CC3)nc2s1. The topological polar surface area (TPSA) is 112 Å². The molecule has 1 atom stereocenters. The van der Waals surface area contributed by atoms with Crippen molar-refractivity contribution in [1.82, 2.24) is 24.9 Å². The first-order valence-corrected chi connectivity index (χ1v) is 13.1. The van der Waals surface area contributed by atoms with Crippen molar-refractivity contribution < 1.29 is 23.0 Å². The summed E-state index contributed by atoms with van der Waals surface area (Å²) in [6, 6.07) is 3.39. The molecule has 0 fully saturated rings. The number of amides is 1. The number of hydrogen-bond donors (Lipinski definition) is 1. The van der Waals surface area contributed by atoms with Gasteiger partial charge in [0.15, 0.2) is 15.6 Å². The number of thiazole rings is 1. The van der Waals surface area contributed by atoms with E-state index < -0.39 is 17.9 Å². The minimum Gasteiger partial charge on any atom is -0.494 e. The Hall–Kier alpha value is -3.61. The first-order chi connectivity index (χ1) is 18.7. The highest BCUT2D eigenvalue weighted by atomic mass is 35.5. The lowest BCUT2D eigenvalue weighted by molar-refractivity contribution is -0.124. The van der Waals surface area contributed by atoms with E-state index in [-0.39, 0.29) is 23.6 Å². The van der Waals surface area contributed by atoms with Crippen LogP contribution >= 0.6 is 22.9 Å². The van der Waals surface area contributed by atoms with E-state index in [2.05, 4.69) is 30.2 Å². The van der Waals surface area contributed by atoms with Crippen molar-refractivity contribution in [2.45, 2.75) is 38.2 Å². The average Bonchev–Trinajstić information content (AvgIpc) is 3.34. The lowest BCUT2D eigenvalue weighted by Crippen LogP contribution is -2.40. The van der Waals surface area contributed by atoms with Gasteiger partial charge in [-0.1, -0.05) is 29.0 Å². The number of anilines is 1. The Morgan fingerprint density at radius 3 is 2.64 bits per heavy atom. The van der Waals surface area contributed by atoms with Crippen molar-refractivity contribution in [2.24, 2.45) is 0 Å². The predicted octanol–water partition coefficient (Wildman–Crippen LogP) is 5.98. The number of allylic oxidation sites excluding steroid dienone is 1. The van der Waals surface area contributed by atoms with Gasteiger partial charge in [-0.25, -0.2) is 23.7 Å². The summed E-state index contributed by atoms with van der Waals surface area (Å²) in [4.78, 5) is 35.6. The van der Waals surface area contributed by atoms with Gasteiger partial charge in [-0.2, -0.15) is 4.98 Å². The van der Waals surface area contributed by atoms with Crippen LogP contribution < -0.4 is 10.1 Å². The largest absolute Gasteiger partial charge is 0.494 e. The fourth-order valence-electron chi connectivity index (χ4n) is 4.40. The van der Waals surface area contributed by atoms with Crippen LogP contribution in [0.4, 0.5) is 13.9 Å². The highest BCUT2D eigenvalue weighted by Gasteiger charge is 2.41. The number of nitrogens with zero attached hydrogens (tertiary/aromatic N) is 5. The Bertz CT molecular complexity index is 1600. The van der Waals surface area contributed by atoms with E-state index in [1.165, 1.54) is 26.6 Å². The maximum Gasteiger partial charge on any atom is 0.267 e. The number of aromatic nitrogens is 5. The van der Waals surface area contributed by atoms with Crippen LogP contribution in [-0.2, 0) is 4.74 Å². The van der Waals surface area contributed by atoms with Crippen molar-refractivity contribution in [1.29, 1.82) is 0 Å². The molecule has 0 saturated heterocycles. The highest BCUT2D eigenvalue weighted by Crippen LogP contribution is 2.39. The van der Waals surface area contributed by atoms with Crippen molar-refractivity contribution >= 4 is 50.0 Å². The quantitative estimate of drug-likeness (QED) is 0.269. The summed E-state index contributed by atoms with van der Waals surface area (Å²) in [6.07, 6.45) is 4.31. The fraction of sp³-hybridized carbons (Fsp3) is 0.308. The Balaban J connectivity index is 1.41. The lowest BCUT2D eigenvalue weighted by atomic mass is 9.84. The number of aryl methyl sites for hydroxylation is 1. The van der Waals surface area contributed by atoms with Gasteiger partial charge in [0.2, 0.25) is 0 Å². The monoisotopic (exact) mass is 572 g/mol. The average molecular weight is 573 g/mol. The first kappa shape index (κ1) is 27.0. The van der Waals surface area contributed by atoms with Crippen molar-refractivity contribution in [3.63, 3.8) is 0 Å². The molecule has 1 amide bonds. The van der Waals surface area contributed by atoms with Crippen LogP contribution in [0.15, 0.2) is 36.8 Å². The van der Waals surface area contributed by atoms with E-state index in [0.29, 0.717) is 50.3 Å². The third kappa shape index (κ3) is 5.32. The van der Waals surface area contributed by atoms with Crippen LogP contribution in [0.2, 0.25) is 5.15 Å². The highest BCUT2D eigenvalue weighted by molar-refractivity contribution is 7.21. The maximum absolute atomic E-state index is 13.5. The minimum absolute atomic E-state index is 0.0839. The number of halogens is 3. The maximum atomic E-state index is 13.5. The molecule has 0 bridgehead atoms. The number of pyridine rings is 2. The molecule has 4 aromatic rings. The van der Waals surface area contributed by atoms with Crippen LogP contribution in [0.3, 0.4) is 0 Å². The molecule has 39 heavy (non-hydrogen) atoms. The first-order valence-electron chi connectivity index (χ1n) is 11.9. The lowest BCUT2D eigenvalue weighted by Gasteiger charge is -2.34. The molecule has 4 heterocycles. The molecular formula is C26H23ClF2N6O3S. The predicted molar refractivity (Wildman–Crippen MR) is 145 cm³/mol. The number of rotatable bonds is 7. The molecule has 9 nitrogen and oxygen atoms in total. The van der Waals surface area contributed by atoms with Crippen molar-refractivity contribution in [2.75, 3.05) is 19.5 Å². The van der Waals surface area contributed by atoms with Gasteiger partial charge in [0, 0.05) is 36.5 Å². The van der Waals surface area contributed by atoms with Crippen LogP contribution in [0.25, 0.3) is 27.2 Å². The van der Waals surface area contributed by atoms with Gasteiger partial charge >= 0.3 is 0 Å². The number of ether oxygens (including phenoxy) is 2. The number of nitrogens with one attached hydrogen (secondary N) is 1. The molecule has 13 heteroatoms. The van der Waals surface area contributed by atoms with E-state index in [4.69, 9.17) is 21.1 Å². The number of alkyl halides is 2. The van der Waals surface area contributed by atoms with Gasteiger partial charge in [-0.05, 0) is 37.5 Å². The number of carbonyl (C=O) groups excluding carboxylic acids is 1. The molecule has 1 N–H and O–H groups in total. The van der Waals surface area contributed by atoms with E-state index >= 15 is 0 Å². The number of hydrogen-bond acceptors (Lipinski definition) is 9. The van der Waals surface area contributed by atoms with Crippen LogP contribution in [0.1, 0.15) is 41.0 Å². The second kappa shape index (κ2) is 10.9. The Morgan fingerprint density at radius 1 is 1.13 bits per heavy atom. The zero-order valence-corrected chi connectivity index (χ0v) is 22.7. The number of methoxy groups -OCH3 is 2. The Kier molecular flexibility index (Phi) is 7.52. The van der Waals surface area contributed by atoms with Gasteiger partial charge in [-0.15, -0.1) is 0 Å². The van der Waals surface area contributed by atoms with Gasteiger partial charge in [0.25, 0.3) is 12.3 Å². The second-order valence-electron chi connectivity index (χ2n) is 8.94. The normalized spacial score (nSPS) is 17.4. The van der Waals surface area contributed by atoms with E-state index in [1.54, 1.807) is 24.4 Å². The standard InChI is InChI=1S/C26H23ClF2N6O3S/c1-13-8-15(16-9-20(27)31-12-19(16)37-2)17(10-30-13)22(36)35-25-34-21-23(39-25)33-18(11-32-21)14-4-6-26(38-3,7-5-14)24(28)29/h4,8-12,24H,5-7H2,1-3H3,(H,32,34,35,36). The van der Waals surface area contributed by atoms with Gasteiger partial charge in [0.1, 0.15) is 16.5 Å². The number of fused-ring (bicyclic) bond motifs is 1. The summed E-state index contributed by atoms with van der Waals surface area (Å²) < 4.78 is 37.6. The van der Waals surface area contributed by atoms with E-state index in [9.17, 15) is 13.6 Å².